The molecule has 0 radical (unpaired) electrons. The highest BCUT2D eigenvalue weighted by Gasteiger charge is 2.01. The van der Waals surface area contributed by atoms with E-state index in [1.54, 1.807) is 0 Å². The van der Waals surface area contributed by atoms with Crippen molar-refractivity contribution < 1.29 is 0 Å². The minimum absolute atomic E-state index is 0. The molecule has 0 aliphatic rings. The number of hydrogen-bond acceptors (Lipinski definition) is 2. The van der Waals surface area contributed by atoms with Crippen molar-refractivity contribution in [2.45, 2.75) is 26.3 Å². The quantitative estimate of drug-likeness (QED) is 0.903. The number of hydrogen-bond donors (Lipinski definition) is 1. The second kappa shape index (κ2) is 7.19. The zero-order valence-corrected chi connectivity index (χ0v) is 11.5. The molecule has 0 saturated heterocycles. The maximum absolute atomic E-state index is 5.53. The van der Waals surface area contributed by atoms with Crippen LogP contribution in [-0.2, 0) is 13.0 Å². The van der Waals surface area contributed by atoms with E-state index in [-0.39, 0.29) is 12.4 Å². The molecule has 18 heavy (non-hydrogen) atoms. The summed E-state index contributed by atoms with van der Waals surface area (Å²) in [5, 5.41) is 4.34. The van der Waals surface area contributed by atoms with E-state index in [1.165, 1.54) is 16.7 Å². The molecule has 0 amide bonds. The third-order valence-electron chi connectivity index (χ3n) is 2.81. The van der Waals surface area contributed by atoms with Crippen LogP contribution in [0.5, 0.6) is 0 Å². The van der Waals surface area contributed by atoms with Crippen LogP contribution in [0.4, 0.5) is 0 Å². The Hall–Kier alpha value is -1.32. The Balaban J connectivity index is 0.00000162. The van der Waals surface area contributed by atoms with Crippen LogP contribution >= 0.6 is 12.4 Å². The second-order valence-electron chi connectivity index (χ2n) is 4.23. The van der Waals surface area contributed by atoms with E-state index in [1.807, 2.05) is 10.9 Å². The summed E-state index contributed by atoms with van der Waals surface area (Å²) in [5.74, 6) is 0. The van der Waals surface area contributed by atoms with E-state index >= 15 is 0 Å². The number of rotatable bonds is 5. The van der Waals surface area contributed by atoms with E-state index in [9.17, 15) is 0 Å². The first-order valence-corrected chi connectivity index (χ1v) is 6.15. The monoisotopic (exact) mass is 265 g/mol. The molecule has 1 heterocycles. The highest BCUT2D eigenvalue weighted by atomic mass is 35.5. The molecule has 98 valence electrons. The summed E-state index contributed by atoms with van der Waals surface area (Å²) in [5.41, 5.74) is 9.22. The smallest absolute Gasteiger partial charge is 0.0568 e. The van der Waals surface area contributed by atoms with Gasteiger partial charge in [0.15, 0.2) is 0 Å². The Labute approximate surface area is 114 Å². The zero-order chi connectivity index (χ0) is 12.1. The van der Waals surface area contributed by atoms with Gasteiger partial charge in [-0.3, -0.25) is 4.68 Å². The van der Waals surface area contributed by atoms with Crippen molar-refractivity contribution in [2.75, 3.05) is 6.54 Å². The fourth-order valence-electron chi connectivity index (χ4n) is 1.89. The minimum Gasteiger partial charge on any atom is -0.330 e. The highest BCUT2D eigenvalue weighted by molar-refractivity contribution is 5.85. The number of aryl methyl sites for hydroxylation is 1. The number of nitrogens with zero attached hydrogens (tertiary/aromatic N) is 2. The van der Waals surface area contributed by atoms with Gasteiger partial charge in [0.1, 0.15) is 0 Å². The van der Waals surface area contributed by atoms with Gasteiger partial charge >= 0.3 is 0 Å². The summed E-state index contributed by atoms with van der Waals surface area (Å²) >= 11 is 0. The van der Waals surface area contributed by atoms with Crippen molar-refractivity contribution in [3.05, 3.63) is 42.2 Å². The first-order chi connectivity index (χ1) is 8.33. The molecule has 0 aliphatic carbocycles. The predicted octanol–water partition coefficient (Wildman–Crippen LogP) is 2.88. The number of aromatic nitrogens is 2. The molecular formula is C14H20ClN3. The summed E-state index contributed by atoms with van der Waals surface area (Å²) in [6, 6.07) is 8.55. The molecule has 0 saturated carbocycles. The Kier molecular flexibility index (Phi) is 5.89. The van der Waals surface area contributed by atoms with Gasteiger partial charge in [0.05, 0.1) is 6.20 Å². The molecular weight excluding hydrogens is 246 g/mol. The maximum atomic E-state index is 5.53. The first kappa shape index (κ1) is 14.7. The summed E-state index contributed by atoms with van der Waals surface area (Å²) in [7, 11) is 0. The third-order valence-corrected chi connectivity index (χ3v) is 2.81. The Bertz CT molecular complexity index is 462. The van der Waals surface area contributed by atoms with Gasteiger partial charge in [0.2, 0.25) is 0 Å². The summed E-state index contributed by atoms with van der Waals surface area (Å²) in [6.45, 7) is 3.84. The molecule has 0 unspecified atom stereocenters. The average molecular weight is 266 g/mol. The van der Waals surface area contributed by atoms with Gasteiger partial charge < -0.3 is 5.73 Å². The maximum Gasteiger partial charge on any atom is 0.0568 e. The molecule has 4 heteroatoms. The van der Waals surface area contributed by atoms with Gasteiger partial charge in [-0.1, -0.05) is 31.2 Å². The summed E-state index contributed by atoms with van der Waals surface area (Å²) in [6.07, 6.45) is 6.07. The fourth-order valence-corrected chi connectivity index (χ4v) is 1.89. The average Bonchev–Trinajstić information content (AvgIpc) is 2.80. The van der Waals surface area contributed by atoms with Crippen LogP contribution in [0.1, 0.15) is 18.9 Å². The van der Waals surface area contributed by atoms with Crippen molar-refractivity contribution in [1.82, 2.24) is 9.78 Å². The SMILES string of the molecule is CCCn1cc(-c2ccc(CCN)cc2)cn1.Cl. The van der Waals surface area contributed by atoms with E-state index in [0.29, 0.717) is 6.54 Å². The molecule has 1 aromatic heterocycles. The predicted molar refractivity (Wildman–Crippen MR) is 78.0 cm³/mol. The van der Waals surface area contributed by atoms with Gasteiger partial charge in [0.25, 0.3) is 0 Å². The van der Waals surface area contributed by atoms with Crippen molar-refractivity contribution in [3.63, 3.8) is 0 Å². The lowest BCUT2D eigenvalue weighted by Gasteiger charge is -2.01. The molecule has 2 rings (SSSR count). The van der Waals surface area contributed by atoms with Gasteiger partial charge in [-0.05, 0) is 30.5 Å². The van der Waals surface area contributed by atoms with Crippen LogP contribution in [0.2, 0.25) is 0 Å². The van der Waals surface area contributed by atoms with Gasteiger partial charge in [-0.15, -0.1) is 12.4 Å². The van der Waals surface area contributed by atoms with Crippen LogP contribution in [0.3, 0.4) is 0 Å². The van der Waals surface area contributed by atoms with E-state index < -0.39 is 0 Å². The van der Waals surface area contributed by atoms with Crippen LogP contribution in [0, 0.1) is 0 Å². The van der Waals surface area contributed by atoms with Crippen LogP contribution in [0.25, 0.3) is 11.1 Å². The number of halogens is 1. The van der Waals surface area contributed by atoms with Crippen LogP contribution in [0.15, 0.2) is 36.7 Å². The van der Waals surface area contributed by atoms with Gasteiger partial charge in [-0.2, -0.15) is 5.10 Å². The second-order valence-corrected chi connectivity index (χ2v) is 4.23. The largest absolute Gasteiger partial charge is 0.330 e. The summed E-state index contributed by atoms with van der Waals surface area (Å²) < 4.78 is 1.99. The van der Waals surface area contributed by atoms with E-state index in [2.05, 4.69) is 42.5 Å². The Morgan fingerprint density at radius 2 is 1.89 bits per heavy atom. The van der Waals surface area contributed by atoms with Crippen molar-refractivity contribution in [1.29, 1.82) is 0 Å². The molecule has 0 aliphatic heterocycles. The van der Waals surface area contributed by atoms with Crippen LogP contribution in [-0.4, -0.2) is 16.3 Å². The molecule has 0 fully saturated rings. The highest BCUT2D eigenvalue weighted by Crippen LogP contribution is 2.19. The lowest BCUT2D eigenvalue weighted by Crippen LogP contribution is -2.02. The zero-order valence-electron chi connectivity index (χ0n) is 10.7. The Morgan fingerprint density at radius 1 is 1.17 bits per heavy atom. The van der Waals surface area contributed by atoms with Crippen molar-refractivity contribution in [2.24, 2.45) is 5.73 Å². The lowest BCUT2D eigenvalue weighted by atomic mass is 10.1. The molecule has 0 atom stereocenters. The minimum atomic E-state index is 0. The van der Waals surface area contributed by atoms with Crippen LogP contribution < -0.4 is 5.73 Å². The third kappa shape index (κ3) is 3.59. The standard InChI is InChI=1S/C14H19N3.ClH/c1-2-9-17-11-14(10-16-17)13-5-3-12(4-6-13)7-8-15;/h3-6,10-11H,2,7-9,15H2,1H3;1H. The number of benzene rings is 1. The van der Waals surface area contributed by atoms with Gasteiger partial charge in [0, 0.05) is 18.3 Å². The molecule has 2 N–H and O–H groups in total. The lowest BCUT2D eigenvalue weighted by molar-refractivity contribution is 0.603. The molecule has 3 nitrogen and oxygen atoms in total. The molecule has 0 bridgehead atoms. The topological polar surface area (TPSA) is 43.8 Å². The molecule has 2 aromatic rings. The van der Waals surface area contributed by atoms with Gasteiger partial charge in [-0.25, -0.2) is 0 Å². The molecule has 1 aromatic carbocycles. The molecule has 0 spiro atoms. The summed E-state index contributed by atoms with van der Waals surface area (Å²) in [4.78, 5) is 0. The van der Waals surface area contributed by atoms with Crippen molar-refractivity contribution >= 4 is 12.4 Å². The normalized spacial score (nSPS) is 10.1. The Morgan fingerprint density at radius 3 is 2.50 bits per heavy atom. The number of nitrogens with two attached hydrogens (primary N) is 1. The van der Waals surface area contributed by atoms with E-state index in [4.69, 9.17) is 5.73 Å². The van der Waals surface area contributed by atoms with E-state index in [0.717, 1.165) is 19.4 Å². The van der Waals surface area contributed by atoms with Crippen molar-refractivity contribution in [3.8, 4) is 11.1 Å². The fraction of sp³-hybridized carbons (Fsp3) is 0.357. The first-order valence-electron chi connectivity index (χ1n) is 6.15.